The highest BCUT2D eigenvalue weighted by Gasteiger charge is 2.44. The molecule has 1 aromatic rings. The van der Waals surface area contributed by atoms with Gasteiger partial charge in [0, 0.05) is 37.5 Å². The van der Waals surface area contributed by atoms with Crippen molar-refractivity contribution in [3.63, 3.8) is 0 Å². The maximum absolute atomic E-state index is 12.4. The van der Waals surface area contributed by atoms with Crippen LogP contribution in [-0.2, 0) is 59.0 Å². The molecule has 0 amide bonds. The fourth-order valence-corrected chi connectivity index (χ4v) is 13.7. The Balaban J connectivity index is 5.34. The molecule has 1 rings (SSSR count). The van der Waals surface area contributed by atoms with Crippen molar-refractivity contribution in [1.29, 1.82) is 0 Å². The van der Waals surface area contributed by atoms with E-state index in [1.165, 1.54) is 0 Å². The van der Waals surface area contributed by atoms with E-state index in [0.29, 0.717) is 37.5 Å². The molecule has 0 spiro atoms. The first-order valence-electron chi connectivity index (χ1n) is 7.17. The van der Waals surface area contributed by atoms with Crippen molar-refractivity contribution in [2.45, 2.75) is 29.4 Å². The summed E-state index contributed by atoms with van der Waals surface area (Å²) in [6.45, 7) is 0. The summed E-state index contributed by atoms with van der Waals surface area (Å²) in [6, 6.07) is 0. The van der Waals surface area contributed by atoms with E-state index in [9.17, 15) is 50.5 Å². The van der Waals surface area contributed by atoms with Crippen LogP contribution in [0.25, 0.3) is 0 Å². The summed E-state index contributed by atoms with van der Waals surface area (Å²) >= 11 is 0. The van der Waals surface area contributed by atoms with E-state index in [4.69, 9.17) is 0 Å². The molecule has 0 aliphatic carbocycles. The summed E-state index contributed by atoms with van der Waals surface area (Å²) in [5.74, 6) is 0. The Kier molecular flexibility index (Phi) is 6.49. The Morgan fingerprint density at radius 2 is 0.333 bits per heavy atom. The molecule has 0 saturated carbocycles. The van der Waals surface area contributed by atoms with Gasteiger partial charge in [0.05, 0.1) is 0 Å². The molecule has 0 aliphatic heterocycles. The highest BCUT2D eigenvalue weighted by Crippen LogP contribution is 2.43. The van der Waals surface area contributed by atoms with Crippen LogP contribution in [0.5, 0.6) is 0 Å². The molecule has 12 nitrogen and oxygen atoms in total. The molecule has 18 heteroatoms. The Bertz CT molecular complexity index is 1250. The molecule has 0 fully saturated rings. The smallest absolute Gasteiger partial charge is 0.178 e. The molecule has 0 N–H and O–H groups in total. The van der Waals surface area contributed by atoms with Crippen LogP contribution in [0.3, 0.4) is 0 Å². The van der Waals surface area contributed by atoms with Crippen molar-refractivity contribution in [2.75, 3.05) is 37.5 Å². The van der Waals surface area contributed by atoms with Crippen LogP contribution >= 0.6 is 0 Å². The van der Waals surface area contributed by atoms with Gasteiger partial charge in [0.2, 0.25) is 0 Å². The number of hydrogen-bond donors (Lipinski definition) is 0. The van der Waals surface area contributed by atoms with Crippen LogP contribution in [0.15, 0.2) is 29.4 Å². The van der Waals surface area contributed by atoms with Gasteiger partial charge < -0.3 is 0 Å². The zero-order valence-corrected chi connectivity index (χ0v) is 21.2. The van der Waals surface area contributed by atoms with Gasteiger partial charge in [-0.05, 0) is 0 Å². The predicted molar refractivity (Wildman–Crippen MR) is 105 cm³/mol. The van der Waals surface area contributed by atoms with Crippen molar-refractivity contribution in [3.05, 3.63) is 0 Å². The topological polar surface area (TPSA) is 205 Å². The largest absolute Gasteiger partial charge is 0.224 e. The van der Waals surface area contributed by atoms with E-state index >= 15 is 0 Å². The van der Waals surface area contributed by atoms with Crippen molar-refractivity contribution in [3.8, 4) is 0 Å². The van der Waals surface area contributed by atoms with Crippen LogP contribution in [0.2, 0.25) is 0 Å². The minimum atomic E-state index is -4.94. The molecule has 30 heavy (non-hydrogen) atoms. The van der Waals surface area contributed by atoms with Gasteiger partial charge in [-0.1, -0.05) is 0 Å². The third kappa shape index (κ3) is 5.21. The summed E-state index contributed by atoms with van der Waals surface area (Å²) in [7, 11) is -29.6. The number of rotatable bonds is 6. The molecule has 0 atom stereocenters. The van der Waals surface area contributed by atoms with Gasteiger partial charge in [-0.2, -0.15) is 0 Å². The summed E-state index contributed by atoms with van der Waals surface area (Å²) in [4.78, 5) is -9.83. The lowest BCUT2D eigenvalue weighted by molar-refractivity contribution is 0.547. The molecule has 1 aromatic carbocycles. The highest BCUT2D eigenvalue weighted by molar-refractivity contribution is 7.98. The summed E-state index contributed by atoms with van der Waals surface area (Å²) in [6.07, 6.45) is 1.94. The van der Waals surface area contributed by atoms with Crippen LogP contribution in [0, 0.1) is 0 Å². The van der Waals surface area contributed by atoms with Gasteiger partial charge in [0.25, 0.3) is 0 Å². The van der Waals surface area contributed by atoms with E-state index < -0.39 is 88.4 Å². The lowest BCUT2D eigenvalue weighted by Crippen LogP contribution is -2.25. The minimum Gasteiger partial charge on any atom is -0.224 e. The summed E-state index contributed by atoms with van der Waals surface area (Å²) in [5, 5.41) is 0. The lowest BCUT2D eigenvalue weighted by atomic mass is 10.3. The van der Waals surface area contributed by atoms with Crippen molar-refractivity contribution in [1.82, 2.24) is 0 Å². The molecule has 0 aliphatic rings. The molecule has 0 bridgehead atoms. The fourth-order valence-electron chi connectivity index (χ4n) is 2.64. The van der Waals surface area contributed by atoms with Gasteiger partial charge in [-0.25, -0.2) is 50.5 Å². The Labute approximate surface area is 175 Å². The molecule has 0 radical (unpaired) electrons. The molecule has 0 saturated heterocycles. The van der Waals surface area contributed by atoms with Crippen molar-refractivity contribution < 1.29 is 50.5 Å². The quantitative estimate of drug-likeness (QED) is 0.384. The van der Waals surface area contributed by atoms with E-state index in [0.717, 1.165) is 0 Å². The number of sulfone groups is 6. The highest BCUT2D eigenvalue weighted by atomic mass is 32.2. The zero-order valence-electron chi connectivity index (χ0n) is 16.3. The molecule has 0 aromatic heterocycles. The predicted octanol–water partition coefficient (Wildman–Crippen LogP) is -1.89. The third-order valence-electron chi connectivity index (χ3n) is 3.46. The van der Waals surface area contributed by atoms with Crippen LogP contribution < -0.4 is 0 Å². The Morgan fingerprint density at radius 1 is 0.267 bits per heavy atom. The first-order chi connectivity index (χ1) is 12.7. The molecular weight excluding hydrogens is 529 g/mol. The Morgan fingerprint density at radius 3 is 0.367 bits per heavy atom. The zero-order chi connectivity index (χ0) is 24.5. The standard InChI is InChI=1S/C12H18O12S6/c1-25(13,14)7-8(26(2,15)16)10(28(4,19)20)12(30(6,23)24)11(29(5,21)22)9(7)27(3,17)18/h1-6H3. The SMILES string of the molecule is CS(=O)(=O)c1c(S(C)(=O)=O)c(S(C)(=O)=O)c(S(C)(=O)=O)c(S(C)(=O)=O)c1S(C)(=O)=O. The van der Waals surface area contributed by atoms with Gasteiger partial charge >= 0.3 is 0 Å². The summed E-state index contributed by atoms with van der Waals surface area (Å²) < 4.78 is 149. The monoisotopic (exact) mass is 546 g/mol. The minimum absolute atomic E-state index is 0.323. The first kappa shape index (κ1) is 27.0. The average Bonchev–Trinajstić information content (AvgIpc) is 2.37. The molecular formula is C12H18O12S6. The van der Waals surface area contributed by atoms with E-state index in [2.05, 4.69) is 0 Å². The maximum Gasteiger partial charge on any atom is 0.178 e. The van der Waals surface area contributed by atoms with E-state index in [1.807, 2.05) is 0 Å². The van der Waals surface area contributed by atoms with Crippen LogP contribution in [0.4, 0.5) is 0 Å². The fraction of sp³-hybridized carbons (Fsp3) is 0.500. The molecule has 0 heterocycles. The van der Waals surface area contributed by atoms with E-state index in [-0.39, 0.29) is 0 Å². The Hall–Kier alpha value is -1.08. The van der Waals surface area contributed by atoms with Crippen molar-refractivity contribution >= 4 is 59.0 Å². The van der Waals surface area contributed by atoms with Crippen LogP contribution in [-0.4, -0.2) is 88.0 Å². The van der Waals surface area contributed by atoms with Gasteiger partial charge in [0.1, 0.15) is 29.4 Å². The summed E-state index contributed by atoms with van der Waals surface area (Å²) in [5.41, 5.74) is 0. The van der Waals surface area contributed by atoms with E-state index in [1.54, 1.807) is 0 Å². The number of benzene rings is 1. The third-order valence-corrected chi connectivity index (χ3v) is 11.1. The molecule has 174 valence electrons. The maximum atomic E-state index is 12.4. The lowest BCUT2D eigenvalue weighted by Gasteiger charge is -2.21. The first-order valence-corrected chi connectivity index (χ1v) is 18.5. The second kappa shape index (κ2) is 7.22. The van der Waals surface area contributed by atoms with Gasteiger partial charge in [-0.3, -0.25) is 0 Å². The number of hydrogen-bond acceptors (Lipinski definition) is 12. The second-order valence-electron chi connectivity index (χ2n) is 6.61. The van der Waals surface area contributed by atoms with Crippen LogP contribution in [0.1, 0.15) is 0 Å². The van der Waals surface area contributed by atoms with Gasteiger partial charge in [0.15, 0.2) is 59.0 Å². The van der Waals surface area contributed by atoms with Gasteiger partial charge in [-0.15, -0.1) is 0 Å². The van der Waals surface area contributed by atoms with Crippen molar-refractivity contribution in [2.24, 2.45) is 0 Å². The normalized spacial score (nSPS) is 14.6. The average molecular weight is 547 g/mol. The molecule has 0 unspecified atom stereocenters. The second-order valence-corrected chi connectivity index (χ2v) is 18.3.